The molecule has 0 saturated carbocycles. The minimum absolute atomic E-state index is 0.131. The lowest BCUT2D eigenvalue weighted by Gasteiger charge is -2.07. The highest BCUT2D eigenvalue weighted by atomic mass is 35.5. The molecule has 0 atom stereocenters. The molecule has 0 heterocycles. The van der Waals surface area contributed by atoms with Gasteiger partial charge in [0.2, 0.25) is 0 Å². The molecule has 0 amide bonds. The van der Waals surface area contributed by atoms with Gasteiger partial charge in [-0.15, -0.1) is 0 Å². The maximum atomic E-state index is 11.4. The molecule has 0 aliphatic rings. The van der Waals surface area contributed by atoms with E-state index in [1.165, 1.54) is 0 Å². The molecule has 0 saturated heterocycles. The number of hydrogen-bond donors (Lipinski definition) is 1. The third-order valence-electron chi connectivity index (χ3n) is 2.41. The van der Waals surface area contributed by atoms with Gasteiger partial charge in [0.25, 0.3) is 0 Å². The van der Waals surface area contributed by atoms with Crippen LogP contribution in [0.5, 0.6) is 0 Å². The highest BCUT2D eigenvalue weighted by Crippen LogP contribution is 2.12. The van der Waals surface area contributed by atoms with Gasteiger partial charge in [0.1, 0.15) is 6.54 Å². The maximum Gasteiger partial charge on any atom is 0.325 e. The van der Waals surface area contributed by atoms with E-state index in [1.54, 1.807) is 31.4 Å². The Kier molecular flexibility index (Phi) is 8.78. The summed E-state index contributed by atoms with van der Waals surface area (Å²) in [6.45, 7) is 2.18. The van der Waals surface area contributed by atoms with E-state index in [4.69, 9.17) is 25.8 Å². The van der Waals surface area contributed by atoms with Gasteiger partial charge in [0.05, 0.1) is 19.8 Å². The van der Waals surface area contributed by atoms with Crippen LogP contribution in [-0.2, 0) is 19.0 Å². The zero-order chi connectivity index (χ0) is 14.6. The van der Waals surface area contributed by atoms with E-state index < -0.39 is 0 Å². The molecular weight excluding hydrogens is 282 g/mol. The second-order valence-corrected chi connectivity index (χ2v) is 4.48. The third kappa shape index (κ3) is 7.99. The average molecular weight is 302 g/mol. The number of rotatable bonds is 10. The number of halogens is 1. The van der Waals surface area contributed by atoms with Crippen molar-refractivity contribution in [2.75, 3.05) is 45.4 Å². The molecule has 112 valence electrons. The SMILES string of the molecule is COCCOCCCOC(=O)CNc1ccc(Cl)cc1. The first-order chi connectivity index (χ1) is 9.72. The summed E-state index contributed by atoms with van der Waals surface area (Å²) in [4.78, 5) is 11.4. The van der Waals surface area contributed by atoms with Crippen LogP contribution in [0.15, 0.2) is 24.3 Å². The number of hydrogen-bond acceptors (Lipinski definition) is 5. The summed E-state index contributed by atoms with van der Waals surface area (Å²) in [6, 6.07) is 7.12. The lowest BCUT2D eigenvalue weighted by molar-refractivity contribution is -0.141. The molecule has 20 heavy (non-hydrogen) atoms. The molecule has 1 rings (SSSR count). The maximum absolute atomic E-state index is 11.4. The van der Waals surface area contributed by atoms with E-state index in [9.17, 15) is 4.79 Å². The molecule has 1 N–H and O–H groups in total. The zero-order valence-electron chi connectivity index (χ0n) is 11.6. The molecule has 1 aromatic carbocycles. The largest absolute Gasteiger partial charge is 0.464 e. The standard InChI is InChI=1S/C14H20ClNO4/c1-18-9-10-19-7-2-8-20-14(17)11-16-13-5-3-12(15)4-6-13/h3-6,16H,2,7-11H2,1H3. The number of carbonyl (C=O) groups excluding carboxylic acids is 1. The van der Waals surface area contributed by atoms with Gasteiger partial charge < -0.3 is 19.5 Å². The molecular formula is C14H20ClNO4. The van der Waals surface area contributed by atoms with E-state index in [1.807, 2.05) is 0 Å². The van der Waals surface area contributed by atoms with Crippen LogP contribution < -0.4 is 5.32 Å². The molecule has 0 bridgehead atoms. The van der Waals surface area contributed by atoms with Gasteiger partial charge in [-0.2, -0.15) is 0 Å². The molecule has 0 aliphatic carbocycles. The van der Waals surface area contributed by atoms with Crippen molar-refractivity contribution in [3.05, 3.63) is 29.3 Å². The Morgan fingerprint density at radius 1 is 1.15 bits per heavy atom. The second-order valence-electron chi connectivity index (χ2n) is 4.04. The van der Waals surface area contributed by atoms with E-state index in [0.717, 1.165) is 5.69 Å². The minimum atomic E-state index is -0.295. The molecule has 0 radical (unpaired) electrons. The van der Waals surface area contributed by atoms with Crippen LogP contribution in [0.2, 0.25) is 5.02 Å². The lowest BCUT2D eigenvalue weighted by atomic mass is 10.3. The van der Waals surface area contributed by atoms with E-state index in [0.29, 0.717) is 37.9 Å². The van der Waals surface area contributed by atoms with E-state index in [-0.39, 0.29) is 12.5 Å². The summed E-state index contributed by atoms with van der Waals surface area (Å²) in [6.07, 6.45) is 0.677. The summed E-state index contributed by atoms with van der Waals surface area (Å²) >= 11 is 5.77. The van der Waals surface area contributed by atoms with Crippen molar-refractivity contribution >= 4 is 23.3 Å². The molecule has 1 aromatic rings. The van der Waals surface area contributed by atoms with Gasteiger partial charge in [-0.25, -0.2) is 0 Å². The fraction of sp³-hybridized carbons (Fsp3) is 0.500. The second kappa shape index (κ2) is 10.5. The first kappa shape index (κ1) is 16.8. The van der Waals surface area contributed by atoms with Gasteiger partial charge >= 0.3 is 5.97 Å². The molecule has 0 aliphatic heterocycles. The lowest BCUT2D eigenvalue weighted by Crippen LogP contribution is -2.18. The topological polar surface area (TPSA) is 56.8 Å². The third-order valence-corrected chi connectivity index (χ3v) is 2.66. The number of ether oxygens (including phenoxy) is 3. The normalized spacial score (nSPS) is 10.3. The van der Waals surface area contributed by atoms with Crippen molar-refractivity contribution < 1.29 is 19.0 Å². The fourth-order valence-electron chi connectivity index (χ4n) is 1.38. The van der Waals surface area contributed by atoms with E-state index in [2.05, 4.69) is 5.32 Å². The van der Waals surface area contributed by atoms with Crippen molar-refractivity contribution in [1.82, 2.24) is 0 Å². The number of anilines is 1. The van der Waals surface area contributed by atoms with Crippen molar-refractivity contribution in [3.8, 4) is 0 Å². The Bertz CT molecular complexity index is 383. The van der Waals surface area contributed by atoms with Crippen LogP contribution >= 0.6 is 11.6 Å². The molecule has 0 fully saturated rings. The summed E-state index contributed by atoms with van der Waals surface area (Å²) < 4.78 is 15.1. The molecule has 0 aromatic heterocycles. The average Bonchev–Trinajstić information content (AvgIpc) is 2.46. The molecule has 0 spiro atoms. The summed E-state index contributed by atoms with van der Waals surface area (Å²) in [5.74, 6) is -0.295. The van der Waals surface area contributed by atoms with Crippen molar-refractivity contribution in [2.45, 2.75) is 6.42 Å². The van der Waals surface area contributed by atoms with Crippen molar-refractivity contribution in [2.24, 2.45) is 0 Å². The van der Waals surface area contributed by atoms with Crippen LogP contribution in [0, 0.1) is 0 Å². The summed E-state index contributed by atoms with van der Waals surface area (Å²) in [5, 5.41) is 3.62. The van der Waals surface area contributed by atoms with Crippen LogP contribution in [0.4, 0.5) is 5.69 Å². The molecule has 6 heteroatoms. The number of esters is 1. The monoisotopic (exact) mass is 301 g/mol. The van der Waals surface area contributed by atoms with Gasteiger partial charge in [0.15, 0.2) is 0 Å². The predicted molar refractivity (Wildman–Crippen MR) is 78.2 cm³/mol. The fourth-order valence-corrected chi connectivity index (χ4v) is 1.51. The highest BCUT2D eigenvalue weighted by Gasteiger charge is 2.02. The summed E-state index contributed by atoms with van der Waals surface area (Å²) in [5.41, 5.74) is 0.828. The van der Waals surface area contributed by atoms with Crippen LogP contribution in [0.25, 0.3) is 0 Å². The smallest absolute Gasteiger partial charge is 0.325 e. The van der Waals surface area contributed by atoms with Gasteiger partial charge in [-0.05, 0) is 24.3 Å². The van der Waals surface area contributed by atoms with Crippen LogP contribution in [-0.4, -0.2) is 46.1 Å². The van der Waals surface area contributed by atoms with Crippen molar-refractivity contribution in [3.63, 3.8) is 0 Å². The van der Waals surface area contributed by atoms with Gasteiger partial charge in [-0.1, -0.05) is 11.6 Å². The molecule has 5 nitrogen and oxygen atoms in total. The zero-order valence-corrected chi connectivity index (χ0v) is 12.3. The first-order valence-electron chi connectivity index (χ1n) is 6.44. The quantitative estimate of drug-likeness (QED) is 0.531. The van der Waals surface area contributed by atoms with Crippen LogP contribution in [0.3, 0.4) is 0 Å². The van der Waals surface area contributed by atoms with Crippen LogP contribution in [0.1, 0.15) is 6.42 Å². The Hall–Kier alpha value is -1.30. The minimum Gasteiger partial charge on any atom is -0.464 e. The first-order valence-corrected chi connectivity index (χ1v) is 6.82. The highest BCUT2D eigenvalue weighted by molar-refractivity contribution is 6.30. The molecule has 0 unspecified atom stereocenters. The summed E-state index contributed by atoms with van der Waals surface area (Å²) in [7, 11) is 1.62. The van der Waals surface area contributed by atoms with E-state index >= 15 is 0 Å². The van der Waals surface area contributed by atoms with Gasteiger partial charge in [0, 0.05) is 30.8 Å². The number of benzene rings is 1. The number of nitrogens with one attached hydrogen (secondary N) is 1. The number of methoxy groups -OCH3 is 1. The Morgan fingerprint density at radius 3 is 2.60 bits per heavy atom. The number of carbonyl (C=O) groups is 1. The van der Waals surface area contributed by atoms with Gasteiger partial charge in [-0.3, -0.25) is 4.79 Å². The Balaban J connectivity index is 2.01. The Labute approximate surface area is 124 Å². The van der Waals surface area contributed by atoms with Crippen molar-refractivity contribution in [1.29, 1.82) is 0 Å². The predicted octanol–water partition coefficient (Wildman–Crippen LogP) is 2.35. The Morgan fingerprint density at radius 2 is 1.90 bits per heavy atom.